The molecule has 0 spiro atoms. The van der Waals surface area contributed by atoms with Crippen molar-refractivity contribution in [3.63, 3.8) is 0 Å². The van der Waals surface area contributed by atoms with E-state index in [1.54, 1.807) is 96.0 Å². The van der Waals surface area contributed by atoms with Crippen molar-refractivity contribution in [1.29, 1.82) is 0 Å². The fourth-order valence-electron chi connectivity index (χ4n) is 14.0. The van der Waals surface area contributed by atoms with E-state index in [4.69, 9.17) is 19.9 Å². The number of halogens is 4. The molecule has 0 fully saturated rings. The number of imidazole rings is 4. The van der Waals surface area contributed by atoms with E-state index in [0.717, 1.165) is 160 Å². The lowest BCUT2D eigenvalue weighted by molar-refractivity contribution is -0.385. The minimum absolute atomic E-state index is 0.0584. The molecule has 0 saturated carbocycles. The standard InChI is InChI=1S/C24H17N5O4.C23H17FN4.C22H14BrFN4.C19H12BrN3S2/c1-14-21(19-10-2-3-11-20(19)25-14)24-26-22(15-6-4-8-17(12-15)28(30)31)23(27-24)16-7-5-9-18(13-16)29(32)33;1-14-20(18-4-2-3-5-19(18)26-14)23-27-21(15-6-8-17(24)9-7-15)22(28-23)16-10-12-25-13-11-16;23-15-3-6-19-17(11-15)18(12-26-19)22-27-20(13-1-4-16(24)5-2-13)21(28-22)14-7-9-25-10-8-14;20-11-5-6-14-12(9-11)13(10-21-14)19-22-17(15-3-1-7-24-15)18(23-19)16-4-2-8-25-16/h2-13,25H,1H3,(H,26,27);2-13,26H,1H3,(H,27,28);1-12,26H,(H,27,28);1-10,21H,(H,22,23). The highest BCUT2D eigenvalue weighted by Crippen LogP contribution is 2.44. The van der Waals surface area contributed by atoms with Gasteiger partial charge in [0.15, 0.2) is 0 Å². The van der Waals surface area contributed by atoms with E-state index < -0.39 is 9.85 Å². The molecule has 0 unspecified atom stereocenters. The fourth-order valence-corrected chi connectivity index (χ4v) is 16.1. The molecule has 0 amide bonds. The summed E-state index contributed by atoms with van der Waals surface area (Å²) < 4.78 is 28.9. The molecular formula is C88H60Br2F2N16O4S2. The van der Waals surface area contributed by atoms with Gasteiger partial charge in [-0.1, -0.05) is 105 Å². The number of hydrogen-bond acceptors (Lipinski definition) is 12. The smallest absolute Gasteiger partial charge is 0.270 e. The van der Waals surface area contributed by atoms with Crippen LogP contribution in [-0.2, 0) is 0 Å². The lowest BCUT2D eigenvalue weighted by atomic mass is 10.0. The number of pyridine rings is 2. The number of nitrogens with one attached hydrogen (secondary N) is 8. The number of hydrogen-bond donors (Lipinski definition) is 8. The molecule has 8 aromatic carbocycles. The molecule has 556 valence electrons. The number of thiophene rings is 2. The van der Waals surface area contributed by atoms with Gasteiger partial charge in [-0.2, -0.15) is 0 Å². The Hall–Kier alpha value is -13.9. The summed E-state index contributed by atoms with van der Waals surface area (Å²) in [6, 6.07) is 69.6. The summed E-state index contributed by atoms with van der Waals surface area (Å²) in [7, 11) is 0. The lowest BCUT2D eigenvalue weighted by Crippen LogP contribution is -1.91. The van der Waals surface area contributed by atoms with Gasteiger partial charge < -0.3 is 39.9 Å². The Morgan fingerprint density at radius 1 is 0.360 bits per heavy atom. The average Bonchev–Trinajstić information content (AvgIpc) is 1.62. The van der Waals surface area contributed by atoms with Gasteiger partial charge in [-0.05, 0) is 158 Å². The summed E-state index contributed by atoms with van der Waals surface area (Å²) in [6.07, 6.45) is 11.0. The monoisotopic (exact) mass is 1660 g/mol. The Morgan fingerprint density at radius 2 is 0.772 bits per heavy atom. The van der Waals surface area contributed by atoms with Crippen molar-refractivity contribution >= 4 is 110 Å². The molecule has 0 saturated heterocycles. The molecule has 20 rings (SSSR count). The number of fused-ring (bicyclic) bond motifs is 4. The van der Waals surface area contributed by atoms with Gasteiger partial charge in [0.05, 0.1) is 59.5 Å². The first-order chi connectivity index (χ1) is 55.6. The SMILES string of the molecule is Brc1ccc2[nH]cc(-c3nc(-c4cccs4)c(-c4cccs4)[nH]3)c2c1.Cc1[nH]c2ccccc2c1-c1nc(-c2ccc(F)cc2)c(-c2ccncc2)[nH]1.Cc1[nH]c2ccccc2c1-c1nc(-c2cccc([N+](=O)[O-])c2)c(-c2cccc([N+](=O)[O-])c2)[nH]1.Fc1ccc(-c2nc(-c3c[nH]c4ccc(Br)cc34)[nH]c2-c2ccncc2)cc1. The Balaban J connectivity index is 0.000000110. The number of aromatic nitrogens is 14. The molecular weight excluding hydrogens is 1610 g/mol. The summed E-state index contributed by atoms with van der Waals surface area (Å²) in [5, 5.41) is 31.2. The summed E-state index contributed by atoms with van der Waals surface area (Å²) in [6.45, 7) is 3.99. The summed E-state index contributed by atoms with van der Waals surface area (Å²) in [5.74, 6) is 2.43. The van der Waals surface area contributed by atoms with Crippen LogP contribution in [0.15, 0.2) is 287 Å². The second kappa shape index (κ2) is 31.5. The van der Waals surface area contributed by atoms with Crippen molar-refractivity contribution < 1.29 is 18.6 Å². The molecule has 26 heteroatoms. The van der Waals surface area contributed by atoms with Gasteiger partial charge in [0.25, 0.3) is 11.4 Å². The number of non-ortho nitro benzene ring substituents is 2. The zero-order valence-corrected chi connectivity index (χ0v) is 64.9. The molecule has 0 atom stereocenters. The number of nitrogens with zero attached hydrogens (tertiary/aromatic N) is 8. The van der Waals surface area contributed by atoms with Crippen molar-refractivity contribution in [2.45, 2.75) is 13.8 Å². The molecule has 20 aromatic rings. The quantitative estimate of drug-likeness (QED) is 0.0376. The largest absolute Gasteiger partial charge is 0.360 e. The van der Waals surface area contributed by atoms with Gasteiger partial charge in [-0.15, -0.1) is 22.7 Å². The van der Waals surface area contributed by atoms with E-state index in [0.29, 0.717) is 28.3 Å². The van der Waals surface area contributed by atoms with Gasteiger partial charge in [-0.25, -0.2) is 28.7 Å². The first-order valence-corrected chi connectivity index (χ1v) is 38.9. The summed E-state index contributed by atoms with van der Waals surface area (Å²) >= 11 is 10.5. The minimum Gasteiger partial charge on any atom is -0.360 e. The van der Waals surface area contributed by atoms with Crippen molar-refractivity contribution in [3.05, 3.63) is 331 Å². The molecule has 12 heterocycles. The molecule has 0 bridgehead atoms. The van der Waals surface area contributed by atoms with Gasteiger partial charge >= 0.3 is 0 Å². The van der Waals surface area contributed by atoms with E-state index in [1.165, 1.54) is 58.3 Å². The fraction of sp³-hybridized carbons (Fsp3) is 0.0227. The molecule has 12 aromatic heterocycles. The van der Waals surface area contributed by atoms with Crippen LogP contribution in [0.25, 0.3) is 178 Å². The maximum absolute atomic E-state index is 13.4. The zero-order chi connectivity index (χ0) is 78.1. The number of rotatable bonds is 14. The van der Waals surface area contributed by atoms with Crippen molar-refractivity contribution in [3.8, 4) is 134 Å². The van der Waals surface area contributed by atoms with Crippen LogP contribution in [0.4, 0.5) is 20.2 Å². The predicted octanol–water partition coefficient (Wildman–Crippen LogP) is 24.7. The molecule has 8 N–H and O–H groups in total. The number of nitro groups is 2. The van der Waals surface area contributed by atoms with Crippen molar-refractivity contribution in [2.75, 3.05) is 0 Å². The van der Waals surface area contributed by atoms with E-state index >= 15 is 0 Å². The molecule has 114 heavy (non-hydrogen) atoms. The van der Waals surface area contributed by atoms with Gasteiger partial charge in [0.1, 0.15) is 40.6 Å². The van der Waals surface area contributed by atoms with Crippen LogP contribution in [0, 0.1) is 45.7 Å². The van der Waals surface area contributed by atoms with Crippen LogP contribution < -0.4 is 0 Å². The maximum atomic E-state index is 13.4. The third-order valence-electron chi connectivity index (χ3n) is 19.2. The molecule has 0 radical (unpaired) electrons. The van der Waals surface area contributed by atoms with E-state index in [-0.39, 0.29) is 23.0 Å². The van der Waals surface area contributed by atoms with E-state index in [1.807, 2.05) is 105 Å². The Kier molecular flexibility index (Phi) is 20.1. The highest BCUT2D eigenvalue weighted by molar-refractivity contribution is 9.10. The molecule has 20 nitrogen and oxygen atoms in total. The number of para-hydroxylation sites is 2. The zero-order valence-electron chi connectivity index (χ0n) is 60.1. The number of aromatic amines is 8. The number of nitro benzene ring substituents is 2. The van der Waals surface area contributed by atoms with Crippen LogP contribution in [0.2, 0.25) is 0 Å². The average molecular weight is 1670 g/mol. The second-order valence-corrected chi connectivity index (χ2v) is 30.1. The Bertz CT molecular complexity index is 6780. The van der Waals surface area contributed by atoms with Crippen LogP contribution in [0.3, 0.4) is 0 Å². The normalized spacial score (nSPS) is 11.2. The van der Waals surface area contributed by atoms with Crippen molar-refractivity contribution in [2.24, 2.45) is 0 Å². The van der Waals surface area contributed by atoms with Crippen molar-refractivity contribution in [1.82, 2.24) is 69.8 Å². The highest BCUT2D eigenvalue weighted by Gasteiger charge is 2.26. The molecule has 0 aliphatic rings. The van der Waals surface area contributed by atoms with Gasteiger partial charge in [0.2, 0.25) is 0 Å². The maximum Gasteiger partial charge on any atom is 0.270 e. The third-order valence-corrected chi connectivity index (χ3v) is 22.0. The second-order valence-electron chi connectivity index (χ2n) is 26.4. The van der Waals surface area contributed by atoms with Crippen LogP contribution in [0.5, 0.6) is 0 Å². The first-order valence-electron chi connectivity index (χ1n) is 35.6. The van der Waals surface area contributed by atoms with E-state index in [2.05, 4.69) is 147 Å². The Morgan fingerprint density at radius 3 is 1.25 bits per heavy atom. The van der Waals surface area contributed by atoms with Gasteiger partial charge in [-0.3, -0.25) is 30.2 Å². The number of aryl methyl sites for hydroxylation is 2. The predicted molar refractivity (Wildman–Crippen MR) is 456 cm³/mol. The number of H-pyrrole nitrogens is 8. The van der Waals surface area contributed by atoms with Crippen LogP contribution in [0.1, 0.15) is 11.4 Å². The third kappa shape index (κ3) is 14.8. The summed E-state index contributed by atoms with van der Waals surface area (Å²) in [4.78, 5) is 79.1. The Labute approximate surface area is 671 Å². The van der Waals surface area contributed by atoms with Crippen LogP contribution in [-0.4, -0.2) is 79.6 Å². The van der Waals surface area contributed by atoms with Crippen LogP contribution >= 0.6 is 54.5 Å². The molecule has 0 aliphatic heterocycles. The summed E-state index contributed by atoms with van der Waals surface area (Å²) in [5.41, 5.74) is 21.1. The number of benzene rings is 8. The minimum atomic E-state index is -0.464. The molecule has 0 aliphatic carbocycles. The lowest BCUT2D eigenvalue weighted by Gasteiger charge is -2.03. The highest BCUT2D eigenvalue weighted by atomic mass is 79.9. The topological polar surface area (TPSA) is 290 Å². The first kappa shape index (κ1) is 72.9. The van der Waals surface area contributed by atoms with E-state index in [9.17, 15) is 29.0 Å². The van der Waals surface area contributed by atoms with Gasteiger partial charge in [0, 0.05) is 181 Å².